The second kappa shape index (κ2) is 6.63. The maximum Gasteiger partial charge on any atom is 0.272 e. The summed E-state index contributed by atoms with van der Waals surface area (Å²) in [5, 5.41) is 0. The van der Waals surface area contributed by atoms with Gasteiger partial charge in [0.1, 0.15) is 5.69 Å². The Hall–Kier alpha value is -1.46. The van der Waals surface area contributed by atoms with Crippen LogP contribution in [0.1, 0.15) is 35.8 Å². The maximum atomic E-state index is 12.3. The van der Waals surface area contributed by atoms with Gasteiger partial charge < -0.3 is 15.4 Å². The van der Waals surface area contributed by atoms with E-state index in [-0.39, 0.29) is 5.91 Å². The van der Waals surface area contributed by atoms with Gasteiger partial charge in [0.15, 0.2) is 0 Å². The van der Waals surface area contributed by atoms with E-state index >= 15 is 0 Å². The van der Waals surface area contributed by atoms with Gasteiger partial charge in [0.25, 0.3) is 5.91 Å². The van der Waals surface area contributed by atoms with Crippen molar-refractivity contribution in [2.75, 3.05) is 19.7 Å². The van der Waals surface area contributed by atoms with Crippen molar-refractivity contribution in [3.05, 3.63) is 29.6 Å². The predicted molar refractivity (Wildman–Crippen MR) is 72.7 cm³/mol. The Morgan fingerprint density at radius 3 is 2.74 bits per heavy atom. The summed E-state index contributed by atoms with van der Waals surface area (Å²) in [6.45, 7) is 4.66. The van der Waals surface area contributed by atoms with Gasteiger partial charge in [-0.05, 0) is 31.4 Å². The molecular formula is C14H21N3O2. The quantitative estimate of drug-likeness (QED) is 0.885. The number of rotatable bonds is 4. The Morgan fingerprint density at radius 1 is 1.47 bits per heavy atom. The fraction of sp³-hybridized carbons (Fsp3) is 0.571. The van der Waals surface area contributed by atoms with Crippen molar-refractivity contribution < 1.29 is 9.53 Å². The molecule has 5 nitrogen and oxygen atoms in total. The standard InChI is InChI=1S/C14H21N3O2/c1-2-19-12-5-7-17(8-6-12)14(18)13-4-3-11(9-15)10-16-13/h3-4,10,12H,2,5-9,15H2,1H3. The first-order valence-electron chi connectivity index (χ1n) is 6.80. The summed E-state index contributed by atoms with van der Waals surface area (Å²) in [5.41, 5.74) is 6.94. The maximum absolute atomic E-state index is 12.3. The molecule has 1 aromatic heterocycles. The molecule has 19 heavy (non-hydrogen) atoms. The summed E-state index contributed by atoms with van der Waals surface area (Å²) >= 11 is 0. The van der Waals surface area contributed by atoms with Gasteiger partial charge in [0, 0.05) is 32.4 Å². The van der Waals surface area contributed by atoms with E-state index < -0.39 is 0 Å². The zero-order valence-corrected chi connectivity index (χ0v) is 11.3. The number of nitrogens with zero attached hydrogens (tertiary/aromatic N) is 2. The van der Waals surface area contributed by atoms with Crippen LogP contribution in [0.2, 0.25) is 0 Å². The molecule has 1 aliphatic rings. The molecule has 1 aliphatic heterocycles. The monoisotopic (exact) mass is 263 g/mol. The number of carbonyl (C=O) groups excluding carboxylic acids is 1. The highest BCUT2D eigenvalue weighted by Gasteiger charge is 2.24. The van der Waals surface area contributed by atoms with Crippen molar-refractivity contribution in [1.82, 2.24) is 9.88 Å². The molecule has 0 aromatic carbocycles. The molecule has 2 N–H and O–H groups in total. The third kappa shape index (κ3) is 3.52. The molecule has 0 radical (unpaired) electrons. The lowest BCUT2D eigenvalue weighted by Crippen LogP contribution is -2.41. The molecule has 0 bridgehead atoms. The number of amides is 1. The summed E-state index contributed by atoms with van der Waals surface area (Å²) in [4.78, 5) is 18.3. The van der Waals surface area contributed by atoms with Crippen molar-refractivity contribution in [2.45, 2.75) is 32.4 Å². The fourth-order valence-corrected chi connectivity index (χ4v) is 2.30. The van der Waals surface area contributed by atoms with Gasteiger partial charge in [-0.3, -0.25) is 9.78 Å². The van der Waals surface area contributed by atoms with Crippen molar-refractivity contribution in [2.24, 2.45) is 5.73 Å². The van der Waals surface area contributed by atoms with Gasteiger partial charge in [0.2, 0.25) is 0 Å². The number of ether oxygens (including phenoxy) is 1. The van der Waals surface area contributed by atoms with Crippen LogP contribution in [0.4, 0.5) is 0 Å². The van der Waals surface area contributed by atoms with Crippen LogP contribution in [-0.4, -0.2) is 41.6 Å². The number of piperidine rings is 1. The minimum Gasteiger partial charge on any atom is -0.378 e. The van der Waals surface area contributed by atoms with Gasteiger partial charge in [-0.15, -0.1) is 0 Å². The van der Waals surface area contributed by atoms with E-state index in [2.05, 4.69) is 4.98 Å². The number of nitrogens with two attached hydrogens (primary N) is 1. The first-order valence-corrected chi connectivity index (χ1v) is 6.80. The van der Waals surface area contributed by atoms with E-state index in [0.29, 0.717) is 18.3 Å². The minimum absolute atomic E-state index is 0.00137. The van der Waals surface area contributed by atoms with Gasteiger partial charge in [0.05, 0.1) is 6.10 Å². The summed E-state index contributed by atoms with van der Waals surface area (Å²) in [6.07, 6.45) is 3.77. The molecule has 104 valence electrons. The summed E-state index contributed by atoms with van der Waals surface area (Å²) in [7, 11) is 0. The number of carbonyl (C=O) groups is 1. The van der Waals surface area contributed by atoms with Crippen molar-refractivity contribution in [3.8, 4) is 0 Å². The molecule has 1 fully saturated rings. The van der Waals surface area contributed by atoms with Crippen molar-refractivity contribution in [1.29, 1.82) is 0 Å². The van der Waals surface area contributed by atoms with Gasteiger partial charge in [-0.25, -0.2) is 0 Å². The lowest BCUT2D eigenvalue weighted by atomic mass is 10.1. The third-order valence-corrected chi connectivity index (χ3v) is 3.41. The van der Waals surface area contributed by atoms with E-state index in [0.717, 1.165) is 38.1 Å². The van der Waals surface area contributed by atoms with Crippen LogP contribution in [0.15, 0.2) is 18.3 Å². The first-order chi connectivity index (χ1) is 9.24. The van der Waals surface area contributed by atoms with Crippen molar-refractivity contribution in [3.63, 3.8) is 0 Å². The normalized spacial score (nSPS) is 16.6. The average Bonchev–Trinajstić information content (AvgIpc) is 2.48. The van der Waals surface area contributed by atoms with Crippen LogP contribution in [0.5, 0.6) is 0 Å². The lowest BCUT2D eigenvalue weighted by molar-refractivity contribution is 0.0144. The van der Waals surface area contributed by atoms with E-state index in [1.807, 2.05) is 17.9 Å². The topological polar surface area (TPSA) is 68.5 Å². The van der Waals surface area contributed by atoms with Gasteiger partial charge >= 0.3 is 0 Å². The van der Waals surface area contributed by atoms with Gasteiger partial charge in [-0.1, -0.05) is 6.07 Å². The Balaban J connectivity index is 1.93. The molecule has 0 saturated carbocycles. The van der Waals surface area contributed by atoms with Crippen LogP contribution in [0.25, 0.3) is 0 Å². The van der Waals surface area contributed by atoms with Crippen LogP contribution < -0.4 is 5.73 Å². The Labute approximate surface area is 113 Å². The molecule has 5 heteroatoms. The van der Waals surface area contributed by atoms with Crippen molar-refractivity contribution >= 4 is 5.91 Å². The predicted octanol–water partition coefficient (Wildman–Crippen LogP) is 1.18. The molecule has 1 amide bonds. The Kier molecular flexibility index (Phi) is 4.87. The summed E-state index contributed by atoms with van der Waals surface area (Å²) in [6, 6.07) is 3.60. The van der Waals surface area contributed by atoms with Gasteiger partial charge in [-0.2, -0.15) is 0 Å². The molecule has 2 heterocycles. The second-order valence-corrected chi connectivity index (χ2v) is 4.70. The molecule has 0 atom stereocenters. The lowest BCUT2D eigenvalue weighted by Gasteiger charge is -2.31. The van der Waals surface area contributed by atoms with E-state index in [9.17, 15) is 4.79 Å². The van der Waals surface area contributed by atoms with Crippen LogP contribution >= 0.6 is 0 Å². The number of hydrogen-bond donors (Lipinski definition) is 1. The largest absolute Gasteiger partial charge is 0.378 e. The number of aromatic nitrogens is 1. The molecule has 1 aromatic rings. The summed E-state index contributed by atoms with van der Waals surface area (Å²) < 4.78 is 5.58. The molecule has 0 aliphatic carbocycles. The van der Waals surface area contributed by atoms with Crippen LogP contribution in [0.3, 0.4) is 0 Å². The molecule has 0 spiro atoms. The fourth-order valence-electron chi connectivity index (χ4n) is 2.30. The highest BCUT2D eigenvalue weighted by Crippen LogP contribution is 2.15. The Bertz CT molecular complexity index is 411. The van der Waals surface area contributed by atoms with Crippen LogP contribution in [0, 0.1) is 0 Å². The number of likely N-dealkylation sites (tertiary alicyclic amines) is 1. The highest BCUT2D eigenvalue weighted by atomic mass is 16.5. The number of pyridine rings is 1. The molecule has 2 rings (SSSR count). The van der Waals surface area contributed by atoms with E-state index in [4.69, 9.17) is 10.5 Å². The van der Waals surface area contributed by atoms with Crippen LogP contribution in [-0.2, 0) is 11.3 Å². The average molecular weight is 263 g/mol. The summed E-state index contributed by atoms with van der Waals surface area (Å²) in [5.74, 6) is -0.00137. The minimum atomic E-state index is -0.00137. The SMILES string of the molecule is CCOC1CCN(C(=O)c2ccc(CN)cn2)CC1. The highest BCUT2D eigenvalue weighted by molar-refractivity contribution is 5.92. The Morgan fingerprint density at radius 2 is 2.21 bits per heavy atom. The molecule has 0 unspecified atom stereocenters. The van der Waals surface area contributed by atoms with E-state index in [1.165, 1.54) is 0 Å². The smallest absolute Gasteiger partial charge is 0.272 e. The molecular weight excluding hydrogens is 242 g/mol. The third-order valence-electron chi connectivity index (χ3n) is 3.41. The zero-order valence-electron chi connectivity index (χ0n) is 11.3. The number of hydrogen-bond acceptors (Lipinski definition) is 4. The second-order valence-electron chi connectivity index (χ2n) is 4.70. The van der Waals surface area contributed by atoms with E-state index in [1.54, 1.807) is 12.3 Å². The first kappa shape index (κ1) is 14.0. The zero-order chi connectivity index (χ0) is 13.7. The molecule has 1 saturated heterocycles.